The lowest BCUT2D eigenvalue weighted by molar-refractivity contribution is 0.132. The molecule has 0 amide bonds. The molecule has 0 saturated carbocycles. The summed E-state index contributed by atoms with van der Waals surface area (Å²) in [6.07, 6.45) is 4.87. The van der Waals surface area contributed by atoms with Crippen LogP contribution in [0.1, 0.15) is 38.2 Å². The van der Waals surface area contributed by atoms with Gasteiger partial charge in [0.1, 0.15) is 0 Å². The van der Waals surface area contributed by atoms with Gasteiger partial charge in [-0.2, -0.15) is 0 Å². The molecule has 1 aliphatic rings. The largest absolute Gasteiger partial charge is 0.381 e. The molecule has 1 aromatic rings. The molecular weight excluding hydrogens is 248 g/mol. The van der Waals surface area contributed by atoms with Crippen LogP contribution in [0.4, 0.5) is 5.69 Å². The van der Waals surface area contributed by atoms with Gasteiger partial charge in [0.2, 0.25) is 0 Å². The molecule has 1 heterocycles. The molecule has 3 heteroatoms. The van der Waals surface area contributed by atoms with Gasteiger partial charge in [0.05, 0.1) is 0 Å². The molecule has 112 valence electrons. The number of hydrogen-bond acceptors (Lipinski definition) is 3. The summed E-state index contributed by atoms with van der Waals surface area (Å²) in [5, 5.41) is 3.47. The lowest BCUT2D eigenvalue weighted by Gasteiger charge is -2.17. The fraction of sp³-hybridized carbons (Fsp3) is 0.647. The Balaban J connectivity index is 1.61. The summed E-state index contributed by atoms with van der Waals surface area (Å²) in [6.45, 7) is 8.31. The maximum absolute atomic E-state index is 5.46. The molecule has 20 heavy (non-hydrogen) atoms. The standard InChI is InChI=1S/C17H28N2O/c1-2-13-20-14-5-10-18-15-16-6-8-17(9-7-16)19-11-3-4-12-19/h6-9,18H,2-5,10-15H2,1H3. The maximum Gasteiger partial charge on any atom is 0.0478 e. The van der Waals surface area contributed by atoms with Gasteiger partial charge in [0, 0.05) is 38.5 Å². The highest BCUT2D eigenvalue weighted by atomic mass is 16.5. The van der Waals surface area contributed by atoms with Crippen molar-refractivity contribution in [3.8, 4) is 0 Å². The minimum atomic E-state index is 0.870. The molecule has 2 rings (SSSR count). The summed E-state index contributed by atoms with van der Waals surface area (Å²) in [7, 11) is 0. The average Bonchev–Trinajstić information content (AvgIpc) is 3.01. The topological polar surface area (TPSA) is 24.5 Å². The first kappa shape index (κ1) is 15.3. The SMILES string of the molecule is CCCOCCCNCc1ccc(N2CCCC2)cc1. The highest BCUT2D eigenvalue weighted by Crippen LogP contribution is 2.20. The van der Waals surface area contributed by atoms with Crippen LogP contribution in [0.2, 0.25) is 0 Å². The van der Waals surface area contributed by atoms with Crippen LogP contribution < -0.4 is 10.2 Å². The van der Waals surface area contributed by atoms with Gasteiger partial charge >= 0.3 is 0 Å². The van der Waals surface area contributed by atoms with Crippen LogP contribution >= 0.6 is 0 Å². The van der Waals surface area contributed by atoms with Crippen molar-refractivity contribution in [2.24, 2.45) is 0 Å². The molecule has 0 aliphatic carbocycles. The molecule has 1 saturated heterocycles. The summed E-state index contributed by atoms with van der Waals surface area (Å²) in [4.78, 5) is 2.47. The molecule has 1 N–H and O–H groups in total. The third-order valence-corrected chi connectivity index (χ3v) is 3.73. The molecule has 1 aromatic carbocycles. The number of nitrogens with one attached hydrogen (secondary N) is 1. The van der Waals surface area contributed by atoms with E-state index in [4.69, 9.17) is 4.74 Å². The molecule has 0 bridgehead atoms. The van der Waals surface area contributed by atoms with Crippen molar-refractivity contribution in [2.75, 3.05) is 37.7 Å². The Morgan fingerprint density at radius 1 is 1.10 bits per heavy atom. The Kier molecular flexibility index (Phi) is 6.89. The van der Waals surface area contributed by atoms with Crippen molar-refractivity contribution >= 4 is 5.69 Å². The van der Waals surface area contributed by atoms with Gasteiger partial charge in [-0.05, 0) is 49.9 Å². The predicted molar refractivity (Wildman–Crippen MR) is 85.3 cm³/mol. The summed E-state index contributed by atoms with van der Waals surface area (Å²) in [5.41, 5.74) is 2.74. The minimum Gasteiger partial charge on any atom is -0.381 e. The number of rotatable bonds is 9. The van der Waals surface area contributed by atoms with Gasteiger partial charge in [-0.1, -0.05) is 19.1 Å². The number of hydrogen-bond donors (Lipinski definition) is 1. The molecule has 0 radical (unpaired) electrons. The lowest BCUT2D eigenvalue weighted by atomic mass is 10.2. The summed E-state index contributed by atoms with van der Waals surface area (Å²) in [6, 6.07) is 9.00. The molecular formula is C17H28N2O. The van der Waals surface area contributed by atoms with E-state index in [-0.39, 0.29) is 0 Å². The summed E-state index contributed by atoms with van der Waals surface area (Å²) in [5.74, 6) is 0. The van der Waals surface area contributed by atoms with Crippen LogP contribution in [0.25, 0.3) is 0 Å². The van der Waals surface area contributed by atoms with Crippen LogP contribution in [0.5, 0.6) is 0 Å². The maximum atomic E-state index is 5.46. The zero-order chi connectivity index (χ0) is 14.0. The van der Waals surface area contributed by atoms with E-state index in [0.29, 0.717) is 0 Å². The highest BCUT2D eigenvalue weighted by Gasteiger charge is 2.11. The predicted octanol–water partition coefficient (Wildman–Crippen LogP) is 3.19. The fourth-order valence-corrected chi connectivity index (χ4v) is 2.58. The number of ether oxygens (including phenoxy) is 1. The Morgan fingerprint density at radius 2 is 1.85 bits per heavy atom. The smallest absolute Gasteiger partial charge is 0.0478 e. The lowest BCUT2D eigenvalue weighted by Crippen LogP contribution is -2.18. The van der Waals surface area contributed by atoms with E-state index in [2.05, 4.69) is 41.4 Å². The second-order valence-electron chi connectivity index (χ2n) is 5.50. The first-order valence-electron chi connectivity index (χ1n) is 8.02. The molecule has 1 aliphatic heterocycles. The van der Waals surface area contributed by atoms with Crippen LogP contribution in [-0.2, 0) is 11.3 Å². The van der Waals surface area contributed by atoms with Gasteiger partial charge < -0.3 is 15.0 Å². The first-order chi connectivity index (χ1) is 9.90. The van der Waals surface area contributed by atoms with Crippen LogP contribution in [0.3, 0.4) is 0 Å². The van der Waals surface area contributed by atoms with Crippen molar-refractivity contribution < 1.29 is 4.74 Å². The van der Waals surface area contributed by atoms with Gasteiger partial charge in [-0.3, -0.25) is 0 Å². The third kappa shape index (κ3) is 5.14. The zero-order valence-electron chi connectivity index (χ0n) is 12.7. The van der Waals surface area contributed by atoms with Gasteiger partial charge in [-0.15, -0.1) is 0 Å². The van der Waals surface area contributed by atoms with Crippen molar-refractivity contribution in [3.63, 3.8) is 0 Å². The Labute approximate surface area is 123 Å². The molecule has 0 unspecified atom stereocenters. The molecule has 0 spiro atoms. The van der Waals surface area contributed by atoms with E-state index in [1.807, 2.05) is 0 Å². The van der Waals surface area contributed by atoms with Gasteiger partial charge in [0.15, 0.2) is 0 Å². The average molecular weight is 276 g/mol. The third-order valence-electron chi connectivity index (χ3n) is 3.73. The Bertz CT molecular complexity index is 358. The summed E-state index contributed by atoms with van der Waals surface area (Å²) < 4.78 is 5.46. The van der Waals surface area contributed by atoms with E-state index in [1.54, 1.807) is 0 Å². The Morgan fingerprint density at radius 3 is 2.55 bits per heavy atom. The van der Waals surface area contributed by atoms with E-state index in [9.17, 15) is 0 Å². The van der Waals surface area contributed by atoms with E-state index < -0.39 is 0 Å². The number of benzene rings is 1. The zero-order valence-corrected chi connectivity index (χ0v) is 12.7. The molecule has 3 nitrogen and oxygen atoms in total. The van der Waals surface area contributed by atoms with Crippen molar-refractivity contribution in [1.82, 2.24) is 5.32 Å². The quantitative estimate of drug-likeness (QED) is 0.701. The van der Waals surface area contributed by atoms with Crippen molar-refractivity contribution in [1.29, 1.82) is 0 Å². The van der Waals surface area contributed by atoms with Crippen LogP contribution in [-0.4, -0.2) is 32.8 Å². The van der Waals surface area contributed by atoms with E-state index in [1.165, 1.54) is 37.2 Å². The second kappa shape index (κ2) is 8.98. The molecule has 1 fully saturated rings. The summed E-state index contributed by atoms with van der Waals surface area (Å²) >= 11 is 0. The highest BCUT2D eigenvalue weighted by molar-refractivity contribution is 5.48. The van der Waals surface area contributed by atoms with Crippen molar-refractivity contribution in [3.05, 3.63) is 29.8 Å². The minimum absolute atomic E-state index is 0.870. The van der Waals surface area contributed by atoms with E-state index >= 15 is 0 Å². The normalized spacial score (nSPS) is 14.9. The first-order valence-corrected chi connectivity index (χ1v) is 8.02. The van der Waals surface area contributed by atoms with Crippen LogP contribution in [0, 0.1) is 0 Å². The fourth-order valence-electron chi connectivity index (χ4n) is 2.58. The second-order valence-corrected chi connectivity index (χ2v) is 5.50. The van der Waals surface area contributed by atoms with Crippen LogP contribution in [0.15, 0.2) is 24.3 Å². The monoisotopic (exact) mass is 276 g/mol. The van der Waals surface area contributed by atoms with Gasteiger partial charge in [-0.25, -0.2) is 0 Å². The molecule has 0 aromatic heterocycles. The van der Waals surface area contributed by atoms with E-state index in [0.717, 1.165) is 39.1 Å². The number of nitrogens with zero attached hydrogens (tertiary/aromatic N) is 1. The Hall–Kier alpha value is -1.06. The van der Waals surface area contributed by atoms with Gasteiger partial charge in [0.25, 0.3) is 0 Å². The molecule has 0 atom stereocenters. The van der Waals surface area contributed by atoms with Crippen molar-refractivity contribution in [2.45, 2.75) is 39.2 Å². The number of anilines is 1.